The van der Waals surface area contributed by atoms with Gasteiger partial charge in [0.25, 0.3) is 0 Å². The highest BCUT2D eigenvalue weighted by atomic mass is 16.4. The van der Waals surface area contributed by atoms with Gasteiger partial charge in [0.15, 0.2) is 17.3 Å². The fourth-order valence-corrected chi connectivity index (χ4v) is 4.45. The Labute approximate surface area is 217 Å². The number of carbonyl (C=O) groups is 3. The van der Waals surface area contributed by atoms with Crippen molar-refractivity contribution < 1.29 is 18.8 Å². The van der Waals surface area contributed by atoms with E-state index < -0.39 is 41.1 Å². The monoisotopic (exact) mass is 515 g/mol. The Bertz CT molecular complexity index is 1230. The normalized spacial score (nSPS) is 14.2. The molecule has 37 heavy (non-hydrogen) atoms. The Morgan fingerprint density at radius 3 is 2.03 bits per heavy atom. The third kappa shape index (κ3) is 6.51. The first-order chi connectivity index (χ1) is 17.2. The van der Waals surface area contributed by atoms with Crippen molar-refractivity contribution >= 4 is 34.0 Å². The molecule has 0 saturated heterocycles. The van der Waals surface area contributed by atoms with Crippen molar-refractivity contribution in [1.82, 2.24) is 0 Å². The Kier molecular flexibility index (Phi) is 10.3. The summed E-state index contributed by atoms with van der Waals surface area (Å²) >= 11 is 0. The van der Waals surface area contributed by atoms with E-state index in [2.05, 4.69) is 0 Å². The predicted molar refractivity (Wildman–Crippen MR) is 146 cm³/mol. The van der Waals surface area contributed by atoms with E-state index in [0.717, 1.165) is 0 Å². The number of hydrogen-bond donors (Lipinski definition) is 5. The fourth-order valence-electron chi connectivity index (χ4n) is 4.45. The summed E-state index contributed by atoms with van der Waals surface area (Å²) in [6, 6.07) is -1.56. The summed E-state index contributed by atoms with van der Waals surface area (Å²) < 4.78 is 5.48. The third-order valence-corrected chi connectivity index (χ3v) is 6.61. The van der Waals surface area contributed by atoms with Gasteiger partial charge in [-0.05, 0) is 50.1 Å². The molecule has 1 heterocycles. The molecule has 0 radical (unpaired) electrons. The fraction of sp³-hybridized carbons (Fsp3) is 0.556. The van der Waals surface area contributed by atoms with Crippen LogP contribution in [-0.4, -0.2) is 42.0 Å². The van der Waals surface area contributed by atoms with E-state index in [1.165, 1.54) is 13.0 Å². The second kappa shape index (κ2) is 12.6. The van der Waals surface area contributed by atoms with Gasteiger partial charge in [-0.1, -0.05) is 34.1 Å². The van der Waals surface area contributed by atoms with E-state index in [-0.39, 0.29) is 50.7 Å². The number of nitrogens with two attached hydrogens (primary N) is 5. The van der Waals surface area contributed by atoms with Gasteiger partial charge in [-0.2, -0.15) is 0 Å². The van der Waals surface area contributed by atoms with Gasteiger partial charge < -0.3 is 33.1 Å². The molecule has 0 spiro atoms. The Morgan fingerprint density at radius 2 is 1.49 bits per heavy atom. The molecule has 10 heteroatoms. The molecule has 2 aromatic rings. The van der Waals surface area contributed by atoms with Crippen LogP contribution in [-0.2, 0) is 0 Å². The molecule has 3 atom stereocenters. The zero-order chi connectivity index (χ0) is 28.2. The van der Waals surface area contributed by atoms with E-state index in [0.29, 0.717) is 32.2 Å². The molecule has 3 unspecified atom stereocenters. The molecule has 0 bridgehead atoms. The zero-order valence-electron chi connectivity index (χ0n) is 22.4. The van der Waals surface area contributed by atoms with E-state index in [4.69, 9.17) is 33.1 Å². The minimum atomic E-state index is -0.962. The first kappa shape index (κ1) is 30.3. The maximum atomic E-state index is 13.8. The van der Waals surface area contributed by atoms with Crippen LogP contribution in [0.1, 0.15) is 90.0 Å². The number of benzene rings is 1. The smallest absolute Gasteiger partial charge is 0.347 e. The summed E-state index contributed by atoms with van der Waals surface area (Å²) in [6.45, 7) is 9.36. The lowest BCUT2D eigenvalue weighted by Crippen LogP contribution is -2.39. The van der Waals surface area contributed by atoms with Crippen molar-refractivity contribution in [3.63, 3.8) is 0 Å². The minimum Gasteiger partial charge on any atom is -0.422 e. The van der Waals surface area contributed by atoms with Crippen LogP contribution in [0.3, 0.4) is 0 Å². The molecule has 2 rings (SSSR count). The van der Waals surface area contributed by atoms with E-state index in [9.17, 15) is 19.2 Å². The van der Waals surface area contributed by atoms with Crippen LogP contribution >= 0.6 is 0 Å². The molecule has 1 aromatic heterocycles. The lowest BCUT2D eigenvalue weighted by atomic mass is 9.84. The van der Waals surface area contributed by atoms with Gasteiger partial charge in [0.2, 0.25) is 0 Å². The highest BCUT2D eigenvalue weighted by Gasteiger charge is 2.33. The molecule has 0 aliphatic carbocycles. The van der Waals surface area contributed by atoms with Gasteiger partial charge >= 0.3 is 5.63 Å². The number of carbonyl (C=O) groups excluding carboxylic acids is 3. The second-order valence-corrected chi connectivity index (χ2v) is 10.5. The quantitative estimate of drug-likeness (QED) is 0.113. The number of rotatable bonds is 13. The molecule has 10 N–H and O–H groups in total. The van der Waals surface area contributed by atoms with E-state index in [1.807, 2.05) is 13.8 Å². The van der Waals surface area contributed by atoms with Crippen LogP contribution in [0.4, 0.5) is 5.69 Å². The molecule has 204 valence electrons. The number of nitrogen functional groups attached to an aromatic ring is 1. The largest absolute Gasteiger partial charge is 0.422 e. The maximum Gasteiger partial charge on any atom is 0.347 e. The van der Waals surface area contributed by atoms with Crippen molar-refractivity contribution in [1.29, 1.82) is 0 Å². The van der Waals surface area contributed by atoms with Crippen molar-refractivity contribution in [2.75, 3.05) is 12.3 Å². The molecular formula is C27H41N5O5. The maximum absolute atomic E-state index is 13.8. The van der Waals surface area contributed by atoms with Crippen molar-refractivity contribution in [2.24, 2.45) is 34.8 Å². The number of unbranched alkanes of at least 4 members (excludes halogenated alkanes) is 1. The summed E-state index contributed by atoms with van der Waals surface area (Å²) in [7, 11) is 0. The molecule has 0 aliphatic heterocycles. The standard InChI is InChI=1S/C27H41N5O5/c1-12(2)10-17(31)25(34)22-19-14(5)20(24(33)15(29)8-6-7-9-28)27(36)37-18(19)11-16(30)21(22)26(35)23(32)13(3)4/h11-13,15,17,23H,6-10,28-32H2,1-5H3. The third-order valence-electron chi connectivity index (χ3n) is 6.61. The predicted octanol–water partition coefficient (Wildman–Crippen LogP) is 2.04. The Hall–Kier alpha value is -2.92. The van der Waals surface area contributed by atoms with Crippen LogP contribution in [0.15, 0.2) is 15.3 Å². The highest BCUT2D eigenvalue weighted by Crippen LogP contribution is 2.34. The zero-order valence-corrected chi connectivity index (χ0v) is 22.4. The first-order valence-corrected chi connectivity index (χ1v) is 12.7. The number of ketones is 3. The van der Waals surface area contributed by atoms with Crippen LogP contribution in [0, 0.1) is 18.8 Å². The van der Waals surface area contributed by atoms with Crippen LogP contribution in [0.2, 0.25) is 0 Å². The van der Waals surface area contributed by atoms with Gasteiger partial charge in [-0.3, -0.25) is 14.4 Å². The summed E-state index contributed by atoms with van der Waals surface area (Å²) in [5.41, 5.74) is 29.1. The number of anilines is 1. The van der Waals surface area contributed by atoms with Crippen LogP contribution in [0.5, 0.6) is 0 Å². The van der Waals surface area contributed by atoms with E-state index in [1.54, 1.807) is 13.8 Å². The lowest BCUT2D eigenvalue weighted by molar-refractivity contribution is 0.0914. The number of fused-ring (bicyclic) bond motifs is 1. The van der Waals surface area contributed by atoms with Crippen LogP contribution in [0.25, 0.3) is 11.0 Å². The van der Waals surface area contributed by atoms with Gasteiger partial charge in [0, 0.05) is 22.7 Å². The molecular weight excluding hydrogens is 474 g/mol. The average Bonchev–Trinajstić information content (AvgIpc) is 2.81. The Morgan fingerprint density at radius 1 is 0.892 bits per heavy atom. The minimum absolute atomic E-state index is 0.0250. The van der Waals surface area contributed by atoms with Crippen molar-refractivity contribution in [3.05, 3.63) is 38.7 Å². The summed E-state index contributed by atoms with van der Waals surface area (Å²) in [5.74, 6) is -1.85. The summed E-state index contributed by atoms with van der Waals surface area (Å²) in [4.78, 5) is 53.4. The first-order valence-electron chi connectivity index (χ1n) is 12.7. The summed E-state index contributed by atoms with van der Waals surface area (Å²) in [6.07, 6.45) is 1.95. The SMILES string of the molecule is Cc1c(C(=O)C(N)CCCCN)c(=O)oc2cc(N)c(C(=O)C(N)C(C)C)c(C(=O)C(N)CC(C)C)c12. The number of aryl methyl sites for hydroxylation is 1. The van der Waals surface area contributed by atoms with E-state index >= 15 is 0 Å². The molecule has 0 aliphatic rings. The molecule has 10 nitrogen and oxygen atoms in total. The van der Waals surface area contributed by atoms with Gasteiger partial charge in [-0.15, -0.1) is 0 Å². The van der Waals surface area contributed by atoms with Crippen molar-refractivity contribution in [3.8, 4) is 0 Å². The Balaban J connectivity index is 2.91. The lowest BCUT2D eigenvalue weighted by Gasteiger charge is -2.22. The van der Waals surface area contributed by atoms with Gasteiger partial charge in [0.1, 0.15) is 11.1 Å². The molecule has 0 amide bonds. The number of Topliss-reactive ketones (excluding diaryl/α,β-unsaturated/α-hetero) is 3. The van der Waals surface area contributed by atoms with Gasteiger partial charge in [0.05, 0.1) is 23.7 Å². The highest BCUT2D eigenvalue weighted by molar-refractivity contribution is 6.22. The number of hydrogen-bond acceptors (Lipinski definition) is 10. The molecule has 0 saturated carbocycles. The molecule has 0 fully saturated rings. The summed E-state index contributed by atoms with van der Waals surface area (Å²) in [5, 5.41) is 0.134. The van der Waals surface area contributed by atoms with Crippen molar-refractivity contribution in [2.45, 2.75) is 78.4 Å². The van der Waals surface area contributed by atoms with Gasteiger partial charge in [-0.25, -0.2) is 4.79 Å². The second-order valence-electron chi connectivity index (χ2n) is 10.5. The topological polar surface area (TPSA) is 212 Å². The average molecular weight is 516 g/mol. The van der Waals surface area contributed by atoms with Crippen LogP contribution < -0.4 is 34.3 Å². The molecule has 1 aromatic carbocycles.